The molecule has 0 radical (unpaired) electrons. The number of likely N-dealkylation sites (tertiary alicyclic amines) is 1. The molecule has 5 heteroatoms. The lowest BCUT2D eigenvalue weighted by molar-refractivity contribution is 0.0775. The van der Waals surface area contributed by atoms with Crippen LogP contribution in [0, 0.1) is 5.92 Å². The fourth-order valence-electron chi connectivity index (χ4n) is 3.30. The van der Waals surface area contributed by atoms with Gasteiger partial charge in [0.2, 0.25) is 0 Å². The number of carbonyl (C=O) groups excluding carboxylic acids is 1. The number of ether oxygens (including phenoxy) is 1. The molecule has 24 heavy (non-hydrogen) atoms. The third kappa shape index (κ3) is 3.97. The van der Waals surface area contributed by atoms with Crippen molar-refractivity contribution in [2.24, 2.45) is 5.92 Å². The van der Waals surface area contributed by atoms with E-state index in [4.69, 9.17) is 4.74 Å². The first-order valence-corrected chi connectivity index (χ1v) is 9.18. The molecule has 1 aliphatic heterocycles. The van der Waals surface area contributed by atoms with Gasteiger partial charge >= 0.3 is 0 Å². The summed E-state index contributed by atoms with van der Waals surface area (Å²) in [4.78, 5) is 17.6. The second-order valence-corrected chi connectivity index (χ2v) is 7.30. The van der Waals surface area contributed by atoms with Crippen molar-refractivity contribution in [3.05, 3.63) is 52.2 Å². The van der Waals surface area contributed by atoms with Crippen molar-refractivity contribution in [3.8, 4) is 5.75 Å². The van der Waals surface area contributed by atoms with E-state index in [0.29, 0.717) is 16.5 Å². The first-order valence-electron chi connectivity index (χ1n) is 8.30. The van der Waals surface area contributed by atoms with Crippen LogP contribution in [-0.2, 0) is 6.54 Å². The van der Waals surface area contributed by atoms with Crippen LogP contribution >= 0.6 is 11.3 Å². The second kappa shape index (κ2) is 7.81. The number of methoxy groups -OCH3 is 1. The lowest BCUT2D eigenvalue weighted by Gasteiger charge is -2.22. The summed E-state index contributed by atoms with van der Waals surface area (Å²) in [6.45, 7) is 3.94. The maximum atomic E-state index is 12.6. The average Bonchev–Trinajstić information content (AvgIpc) is 3.24. The molecule has 0 bridgehead atoms. The summed E-state index contributed by atoms with van der Waals surface area (Å²) in [5, 5.41) is 1.90. The molecule has 0 saturated carbocycles. The standard InChI is InChI=1S/C19H24N2O2S/c1-20(19(22)18-17(23-2)9-11-24-18)12-16-8-10-21(14-16)13-15-6-4-3-5-7-15/h3-7,9,11,16H,8,10,12-14H2,1-2H3/t16-/m1/s1. The van der Waals surface area contributed by atoms with E-state index in [1.807, 2.05) is 23.4 Å². The Morgan fingerprint density at radius 1 is 1.33 bits per heavy atom. The molecule has 1 amide bonds. The van der Waals surface area contributed by atoms with Gasteiger partial charge in [-0.25, -0.2) is 0 Å². The van der Waals surface area contributed by atoms with E-state index < -0.39 is 0 Å². The lowest BCUT2D eigenvalue weighted by Crippen LogP contribution is -2.32. The Balaban J connectivity index is 1.52. The van der Waals surface area contributed by atoms with E-state index in [1.165, 1.54) is 16.9 Å². The van der Waals surface area contributed by atoms with E-state index in [2.05, 4.69) is 35.2 Å². The van der Waals surface area contributed by atoms with Gasteiger partial charge in [-0.1, -0.05) is 30.3 Å². The van der Waals surface area contributed by atoms with Crippen molar-refractivity contribution in [3.63, 3.8) is 0 Å². The number of rotatable bonds is 6. The molecule has 0 unspecified atom stereocenters. The molecule has 2 aromatic rings. The summed E-state index contributed by atoms with van der Waals surface area (Å²) in [5.41, 5.74) is 1.35. The Morgan fingerprint density at radius 2 is 2.12 bits per heavy atom. The number of amides is 1. The highest BCUT2D eigenvalue weighted by Crippen LogP contribution is 2.27. The molecule has 2 heterocycles. The molecule has 3 rings (SSSR count). The molecule has 0 aliphatic carbocycles. The SMILES string of the molecule is COc1ccsc1C(=O)N(C)C[C@H]1CCN(Cc2ccccc2)C1. The fraction of sp³-hybridized carbons (Fsp3) is 0.421. The zero-order chi connectivity index (χ0) is 16.9. The molecule has 1 aliphatic rings. The van der Waals surface area contributed by atoms with Gasteiger partial charge in [0.15, 0.2) is 0 Å². The van der Waals surface area contributed by atoms with Crippen LogP contribution in [0.2, 0.25) is 0 Å². The van der Waals surface area contributed by atoms with Gasteiger partial charge in [-0.3, -0.25) is 9.69 Å². The van der Waals surface area contributed by atoms with Crippen LogP contribution in [-0.4, -0.2) is 49.5 Å². The highest BCUT2D eigenvalue weighted by molar-refractivity contribution is 7.12. The van der Waals surface area contributed by atoms with E-state index in [1.54, 1.807) is 7.11 Å². The van der Waals surface area contributed by atoms with Crippen molar-refractivity contribution >= 4 is 17.2 Å². The molecule has 4 nitrogen and oxygen atoms in total. The van der Waals surface area contributed by atoms with Crippen molar-refractivity contribution in [2.45, 2.75) is 13.0 Å². The normalized spacial score (nSPS) is 17.8. The largest absolute Gasteiger partial charge is 0.495 e. The smallest absolute Gasteiger partial charge is 0.267 e. The van der Waals surface area contributed by atoms with Crippen molar-refractivity contribution in [2.75, 3.05) is 33.8 Å². The van der Waals surface area contributed by atoms with Gasteiger partial charge in [0, 0.05) is 26.7 Å². The molecule has 1 fully saturated rings. The van der Waals surface area contributed by atoms with Crippen LogP contribution in [0.4, 0.5) is 0 Å². The zero-order valence-corrected chi connectivity index (χ0v) is 15.1. The predicted octanol–water partition coefficient (Wildman–Crippen LogP) is 3.35. The van der Waals surface area contributed by atoms with Crippen LogP contribution in [0.25, 0.3) is 0 Å². The first-order chi connectivity index (χ1) is 11.7. The molecule has 1 atom stereocenters. The second-order valence-electron chi connectivity index (χ2n) is 6.38. The van der Waals surface area contributed by atoms with E-state index >= 15 is 0 Å². The number of carbonyl (C=O) groups is 1. The molecule has 128 valence electrons. The van der Waals surface area contributed by atoms with Gasteiger partial charge in [-0.05, 0) is 35.9 Å². The molecular formula is C19H24N2O2S. The predicted molar refractivity (Wildman–Crippen MR) is 97.7 cm³/mol. The maximum Gasteiger partial charge on any atom is 0.267 e. The van der Waals surface area contributed by atoms with Crippen LogP contribution in [0.15, 0.2) is 41.8 Å². The van der Waals surface area contributed by atoms with E-state index in [-0.39, 0.29) is 5.91 Å². The average molecular weight is 344 g/mol. The van der Waals surface area contributed by atoms with Gasteiger partial charge in [0.1, 0.15) is 10.6 Å². The number of hydrogen-bond acceptors (Lipinski definition) is 4. The van der Waals surface area contributed by atoms with Gasteiger partial charge in [0.25, 0.3) is 5.91 Å². The van der Waals surface area contributed by atoms with Crippen LogP contribution in [0.5, 0.6) is 5.75 Å². The molecule has 0 N–H and O–H groups in total. The number of thiophene rings is 1. The molecule has 1 aromatic heterocycles. The number of hydrogen-bond donors (Lipinski definition) is 0. The van der Waals surface area contributed by atoms with Crippen molar-refractivity contribution in [1.29, 1.82) is 0 Å². The Kier molecular flexibility index (Phi) is 5.53. The Labute approximate surface area is 147 Å². The highest BCUT2D eigenvalue weighted by atomic mass is 32.1. The lowest BCUT2D eigenvalue weighted by atomic mass is 10.1. The van der Waals surface area contributed by atoms with Gasteiger partial charge in [-0.15, -0.1) is 11.3 Å². The van der Waals surface area contributed by atoms with Gasteiger partial charge < -0.3 is 9.64 Å². The summed E-state index contributed by atoms with van der Waals surface area (Å²) in [6, 6.07) is 12.4. The van der Waals surface area contributed by atoms with Crippen LogP contribution in [0.3, 0.4) is 0 Å². The highest BCUT2D eigenvalue weighted by Gasteiger charge is 2.26. The summed E-state index contributed by atoms with van der Waals surface area (Å²) in [7, 11) is 3.50. The summed E-state index contributed by atoms with van der Waals surface area (Å²) >= 11 is 1.44. The quantitative estimate of drug-likeness (QED) is 0.806. The Hall–Kier alpha value is -1.85. The third-order valence-electron chi connectivity index (χ3n) is 4.54. The molecule has 0 spiro atoms. The molecule has 1 saturated heterocycles. The van der Waals surface area contributed by atoms with E-state index in [9.17, 15) is 4.79 Å². The minimum absolute atomic E-state index is 0.0587. The van der Waals surface area contributed by atoms with Crippen molar-refractivity contribution < 1.29 is 9.53 Å². The van der Waals surface area contributed by atoms with Gasteiger partial charge in [-0.2, -0.15) is 0 Å². The van der Waals surface area contributed by atoms with Crippen LogP contribution < -0.4 is 4.74 Å². The minimum atomic E-state index is 0.0587. The Bertz CT molecular complexity index is 671. The number of benzene rings is 1. The van der Waals surface area contributed by atoms with Gasteiger partial charge in [0.05, 0.1) is 7.11 Å². The number of nitrogens with zero attached hydrogens (tertiary/aromatic N) is 2. The molecule has 1 aromatic carbocycles. The molecular weight excluding hydrogens is 320 g/mol. The topological polar surface area (TPSA) is 32.8 Å². The minimum Gasteiger partial charge on any atom is -0.495 e. The van der Waals surface area contributed by atoms with E-state index in [0.717, 1.165) is 32.6 Å². The zero-order valence-electron chi connectivity index (χ0n) is 14.3. The van der Waals surface area contributed by atoms with Crippen molar-refractivity contribution in [1.82, 2.24) is 9.80 Å². The summed E-state index contributed by atoms with van der Waals surface area (Å²) in [5.74, 6) is 1.27. The van der Waals surface area contributed by atoms with Crippen LogP contribution in [0.1, 0.15) is 21.7 Å². The fourth-order valence-corrected chi connectivity index (χ4v) is 4.16. The monoisotopic (exact) mass is 344 g/mol. The maximum absolute atomic E-state index is 12.6. The summed E-state index contributed by atoms with van der Waals surface area (Å²) < 4.78 is 5.26. The third-order valence-corrected chi connectivity index (χ3v) is 5.42. The summed E-state index contributed by atoms with van der Waals surface area (Å²) in [6.07, 6.45) is 1.14. The Morgan fingerprint density at radius 3 is 2.88 bits per heavy atom. The first kappa shape index (κ1) is 17.0.